The van der Waals surface area contributed by atoms with Gasteiger partial charge in [-0.1, -0.05) is 48.2 Å². The Labute approximate surface area is 110 Å². The fraction of sp³-hybridized carbons (Fsp3) is 0. The minimum Gasteiger partial charge on any atom is -0.384 e. The monoisotopic (exact) mass is 252 g/mol. The number of hydrogen-bond acceptors (Lipinski definition) is 3. The molecule has 0 saturated carbocycles. The molecule has 0 bridgehead atoms. The van der Waals surface area contributed by atoms with E-state index in [1.54, 1.807) is 17.8 Å². The Kier molecular flexibility index (Phi) is 2.90. The van der Waals surface area contributed by atoms with Crippen molar-refractivity contribution in [1.29, 1.82) is 0 Å². The fourth-order valence-electron chi connectivity index (χ4n) is 1.84. The van der Waals surface area contributed by atoms with E-state index in [4.69, 9.17) is 5.73 Å². The smallest absolute Gasteiger partial charge is 0.124 e. The maximum absolute atomic E-state index is 5.68. The van der Waals surface area contributed by atoms with E-state index in [9.17, 15) is 0 Å². The van der Waals surface area contributed by atoms with Crippen LogP contribution in [0.2, 0.25) is 0 Å². The van der Waals surface area contributed by atoms with E-state index in [1.165, 1.54) is 15.7 Å². The van der Waals surface area contributed by atoms with Crippen LogP contribution in [0.15, 0.2) is 70.6 Å². The number of nitrogens with zero attached hydrogens (tertiary/aromatic N) is 1. The molecular weight excluding hydrogens is 240 g/mol. The number of benzene rings is 2. The van der Waals surface area contributed by atoms with E-state index in [1.807, 2.05) is 12.1 Å². The van der Waals surface area contributed by atoms with Crippen molar-refractivity contribution in [1.82, 2.24) is 4.98 Å². The topological polar surface area (TPSA) is 38.9 Å². The summed E-state index contributed by atoms with van der Waals surface area (Å²) in [5.74, 6) is 0.556. The van der Waals surface area contributed by atoms with E-state index in [2.05, 4.69) is 47.4 Å². The second kappa shape index (κ2) is 4.70. The van der Waals surface area contributed by atoms with Gasteiger partial charge in [0.15, 0.2) is 0 Å². The third-order valence-corrected chi connectivity index (χ3v) is 3.61. The number of anilines is 1. The molecule has 0 amide bonds. The molecule has 2 aromatic carbocycles. The van der Waals surface area contributed by atoms with Crippen molar-refractivity contribution in [3.63, 3.8) is 0 Å². The quantitative estimate of drug-likeness (QED) is 0.750. The second-order valence-electron chi connectivity index (χ2n) is 4.01. The molecule has 0 fully saturated rings. The molecule has 3 aromatic rings. The molecule has 0 saturated heterocycles. The summed E-state index contributed by atoms with van der Waals surface area (Å²) in [7, 11) is 0. The predicted octanol–water partition coefficient (Wildman–Crippen LogP) is 3.97. The van der Waals surface area contributed by atoms with Crippen molar-refractivity contribution in [3.05, 3.63) is 60.7 Å². The summed E-state index contributed by atoms with van der Waals surface area (Å²) < 4.78 is 0. The van der Waals surface area contributed by atoms with Gasteiger partial charge in [-0.05, 0) is 35.0 Å². The maximum atomic E-state index is 5.68. The molecule has 0 aliphatic heterocycles. The van der Waals surface area contributed by atoms with Crippen molar-refractivity contribution >= 4 is 28.4 Å². The molecule has 2 nitrogen and oxygen atoms in total. The van der Waals surface area contributed by atoms with Gasteiger partial charge in [-0.15, -0.1) is 0 Å². The number of aromatic nitrogens is 1. The van der Waals surface area contributed by atoms with E-state index in [0.717, 1.165) is 5.03 Å². The summed E-state index contributed by atoms with van der Waals surface area (Å²) >= 11 is 1.63. The lowest BCUT2D eigenvalue weighted by Gasteiger charge is -2.03. The first-order chi connectivity index (χ1) is 8.81. The average molecular weight is 252 g/mol. The van der Waals surface area contributed by atoms with Gasteiger partial charge in [-0.2, -0.15) is 0 Å². The van der Waals surface area contributed by atoms with Gasteiger partial charge in [0.25, 0.3) is 0 Å². The first-order valence-electron chi connectivity index (χ1n) is 5.70. The summed E-state index contributed by atoms with van der Waals surface area (Å²) in [6.07, 6.45) is 0. The van der Waals surface area contributed by atoms with Gasteiger partial charge >= 0.3 is 0 Å². The lowest BCUT2D eigenvalue weighted by atomic mass is 10.1. The van der Waals surface area contributed by atoms with Gasteiger partial charge < -0.3 is 5.73 Å². The Morgan fingerprint density at radius 1 is 0.833 bits per heavy atom. The van der Waals surface area contributed by atoms with E-state index >= 15 is 0 Å². The van der Waals surface area contributed by atoms with Crippen LogP contribution in [0.4, 0.5) is 5.82 Å². The molecule has 0 radical (unpaired) electrons. The number of nitrogen functional groups attached to an aromatic ring is 1. The summed E-state index contributed by atoms with van der Waals surface area (Å²) in [6, 6.07) is 20.4. The predicted molar refractivity (Wildman–Crippen MR) is 76.7 cm³/mol. The number of fused-ring (bicyclic) bond motifs is 1. The zero-order valence-corrected chi connectivity index (χ0v) is 10.5. The van der Waals surface area contributed by atoms with E-state index in [0.29, 0.717) is 5.82 Å². The first-order valence-corrected chi connectivity index (χ1v) is 6.52. The van der Waals surface area contributed by atoms with Crippen LogP contribution in [0.1, 0.15) is 0 Å². The van der Waals surface area contributed by atoms with Crippen LogP contribution in [-0.4, -0.2) is 4.98 Å². The minimum atomic E-state index is 0.556. The molecule has 0 atom stereocenters. The summed E-state index contributed by atoms with van der Waals surface area (Å²) in [6.45, 7) is 0. The van der Waals surface area contributed by atoms with Crippen LogP contribution in [0.5, 0.6) is 0 Å². The van der Waals surface area contributed by atoms with Crippen molar-refractivity contribution in [3.8, 4) is 0 Å². The summed E-state index contributed by atoms with van der Waals surface area (Å²) in [5.41, 5.74) is 5.68. The van der Waals surface area contributed by atoms with Crippen molar-refractivity contribution in [2.24, 2.45) is 0 Å². The highest BCUT2D eigenvalue weighted by Crippen LogP contribution is 2.29. The molecular formula is C15H12N2S. The molecule has 1 heterocycles. The Morgan fingerprint density at radius 3 is 2.50 bits per heavy atom. The largest absolute Gasteiger partial charge is 0.384 e. The van der Waals surface area contributed by atoms with Crippen molar-refractivity contribution in [2.75, 3.05) is 5.73 Å². The Hall–Kier alpha value is -2.00. The molecule has 3 rings (SSSR count). The van der Waals surface area contributed by atoms with E-state index in [-0.39, 0.29) is 0 Å². The molecule has 2 N–H and O–H groups in total. The standard InChI is InChI=1S/C15H12N2S/c16-14-6-3-7-15(17-14)18-13-9-8-11-4-1-2-5-12(11)10-13/h1-10H,(H2,16,17). The maximum Gasteiger partial charge on any atom is 0.124 e. The number of pyridine rings is 1. The number of rotatable bonds is 2. The Balaban J connectivity index is 1.95. The number of hydrogen-bond donors (Lipinski definition) is 1. The fourth-order valence-corrected chi connectivity index (χ4v) is 2.70. The van der Waals surface area contributed by atoms with Gasteiger partial charge in [0, 0.05) is 4.90 Å². The van der Waals surface area contributed by atoms with Crippen LogP contribution in [0.3, 0.4) is 0 Å². The zero-order chi connectivity index (χ0) is 12.4. The highest BCUT2D eigenvalue weighted by atomic mass is 32.2. The highest BCUT2D eigenvalue weighted by molar-refractivity contribution is 7.99. The van der Waals surface area contributed by atoms with Crippen LogP contribution >= 0.6 is 11.8 Å². The molecule has 0 spiro atoms. The van der Waals surface area contributed by atoms with Crippen molar-refractivity contribution < 1.29 is 0 Å². The summed E-state index contributed by atoms with van der Waals surface area (Å²) in [5, 5.41) is 3.42. The average Bonchev–Trinajstić information content (AvgIpc) is 2.39. The highest BCUT2D eigenvalue weighted by Gasteiger charge is 2.00. The van der Waals surface area contributed by atoms with Crippen LogP contribution in [0.25, 0.3) is 10.8 Å². The van der Waals surface area contributed by atoms with Crippen LogP contribution in [0, 0.1) is 0 Å². The molecule has 1 aromatic heterocycles. The SMILES string of the molecule is Nc1cccc(Sc2ccc3ccccc3c2)n1. The van der Waals surface area contributed by atoms with Crippen molar-refractivity contribution in [2.45, 2.75) is 9.92 Å². The molecule has 18 heavy (non-hydrogen) atoms. The second-order valence-corrected chi connectivity index (χ2v) is 5.11. The Bertz CT molecular complexity index is 695. The minimum absolute atomic E-state index is 0.556. The molecule has 0 aliphatic carbocycles. The van der Waals surface area contributed by atoms with Gasteiger partial charge in [-0.25, -0.2) is 4.98 Å². The lowest BCUT2D eigenvalue weighted by molar-refractivity contribution is 1.14. The molecule has 3 heteroatoms. The first kappa shape index (κ1) is 11.1. The molecule has 88 valence electrons. The van der Waals surface area contributed by atoms with Crippen LogP contribution in [-0.2, 0) is 0 Å². The lowest BCUT2D eigenvalue weighted by Crippen LogP contribution is -1.89. The molecule has 0 aliphatic rings. The van der Waals surface area contributed by atoms with Gasteiger partial charge in [-0.3, -0.25) is 0 Å². The van der Waals surface area contributed by atoms with Gasteiger partial charge in [0.1, 0.15) is 10.8 Å². The number of nitrogens with two attached hydrogens (primary N) is 1. The molecule has 0 unspecified atom stereocenters. The van der Waals surface area contributed by atoms with Gasteiger partial charge in [0.2, 0.25) is 0 Å². The van der Waals surface area contributed by atoms with Gasteiger partial charge in [0.05, 0.1) is 0 Å². The third-order valence-electron chi connectivity index (χ3n) is 2.69. The zero-order valence-electron chi connectivity index (χ0n) is 9.71. The normalized spacial score (nSPS) is 10.7. The Morgan fingerprint density at radius 2 is 1.67 bits per heavy atom. The summed E-state index contributed by atoms with van der Waals surface area (Å²) in [4.78, 5) is 5.46. The van der Waals surface area contributed by atoms with Crippen LogP contribution < -0.4 is 5.73 Å². The van der Waals surface area contributed by atoms with E-state index < -0.39 is 0 Å². The third kappa shape index (κ3) is 2.31.